The van der Waals surface area contributed by atoms with Crippen LogP contribution >= 0.6 is 0 Å². The van der Waals surface area contributed by atoms with Crippen LogP contribution in [0, 0.1) is 17.8 Å². The number of hydrogen-bond donors (Lipinski definition) is 1. The molecule has 1 aliphatic heterocycles. The van der Waals surface area contributed by atoms with Gasteiger partial charge < -0.3 is 15.1 Å². The zero-order chi connectivity index (χ0) is 14.1. The Morgan fingerprint density at radius 3 is 2.60 bits per heavy atom. The van der Waals surface area contributed by atoms with Gasteiger partial charge in [0.25, 0.3) is 0 Å². The van der Waals surface area contributed by atoms with Crippen LogP contribution in [-0.2, 0) is 9.59 Å². The van der Waals surface area contributed by atoms with Gasteiger partial charge in [0.2, 0.25) is 11.8 Å². The first-order valence-corrected chi connectivity index (χ1v) is 7.57. The number of rotatable bonds is 3. The number of likely N-dealkylation sites (N-methyl/N-ethyl adjacent to an activating group) is 1. The van der Waals surface area contributed by atoms with Crippen LogP contribution in [0.3, 0.4) is 0 Å². The number of amides is 2. The van der Waals surface area contributed by atoms with Gasteiger partial charge in [0.05, 0.1) is 6.54 Å². The van der Waals surface area contributed by atoms with Crippen molar-refractivity contribution < 1.29 is 9.59 Å². The molecule has 110 valence electrons. The lowest BCUT2D eigenvalue weighted by Gasteiger charge is -2.30. The van der Waals surface area contributed by atoms with E-state index in [0.29, 0.717) is 11.8 Å². The summed E-state index contributed by atoms with van der Waals surface area (Å²) in [6.45, 7) is 3.41. The molecule has 2 bridgehead atoms. The summed E-state index contributed by atoms with van der Waals surface area (Å²) in [5.74, 6) is 1.31. The number of carbonyl (C=O) groups excluding carboxylic acids is 2. The van der Waals surface area contributed by atoms with Gasteiger partial charge in [-0.2, -0.15) is 0 Å². The second-order valence-corrected chi connectivity index (χ2v) is 6.21. The van der Waals surface area contributed by atoms with Crippen molar-refractivity contribution >= 4 is 11.8 Å². The van der Waals surface area contributed by atoms with Crippen LogP contribution in [-0.4, -0.2) is 61.4 Å². The fraction of sp³-hybridized carbons (Fsp3) is 0.733. The summed E-state index contributed by atoms with van der Waals surface area (Å²) in [6.07, 6.45) is 6.51. The molecule has 0 aromatic carbocycles. The van der Waals surface area contributed by atoms with Gasteiger partial charge in [0, 0.05) is 39.1 Å². The molecule has 0 aromatic heterocycles. The largest absolute Gasteiger partial charge is 0.339 e. The molecule has 0 spiro atoms. The molecule has 1 saturated heterocycles. The molecular formula is C15H23N3O2. The minimum Gasteiger partial charge on any atom is -0.339 e. The normalized spacial score (nSPS) is 31.6. The number of fused-ring (bicyclic) bond motifs is 2. The third-order valence-electron chi connectivity index (χ3n) is 4.81. The zero-order valence-corrected chi connectivity index (χ0v) is 12.0. The Hall–Kier alpha value is -1.36. The minimum absolute atomic E-state index is 0.0704. The Balaban J connectivity index is 1.53. The first kappa shape index (κ1) is 13.6. The molecule has 20 heavy (non-hydrogen) atoms. The summed E-state index contributed by atoms with van der Waals surface area (Å²) >= 11 is 0. The van der Waals surface area contributed by atoms with Crippen LogP contribution < -0.4 is 5.32 Å². The van der Waals surface area contributed by atoms with E-state index in [1.165, 1.54) is 0 Å². The minimum atomic E-state index is 0.0704. The molecule has 3 atom stereocenters. The van der Waals surface area contributed by atoms with Crippen molar-refractivity contribution in [2.45, 2.75) is 12.8 Å². The lowest BCUT2D eigenvalue weighted by Crippen LogP contribution is -2.50. The monoisotopic (exact) mass is 277 g/mol. The summed E-state index contributed by atoms with van der Waals surface area (Å²) in [7, 11) is 1.76. The van der Waals surface area contributed by atoms with E-state index in [0.717, 1.165) is 39.0 Å². The molecule has 5 heteroatoms. The molecule has 1 N–H and O–H groups in total. The number of allylic oxidation sites excluding steroid dienone is 2. The molecule has 0 radical (unpaired) electrons. The lowest BCUT2D eigenvalue weighted by molar-refractivity contribution is -0.142. The fourth-order valence-corrected chi connectivity index (χ4v) is 3.64. The van der Waals surface area contributed by atoms with E-state index in [1.807, 2.05) is 4.90 Å². The van der Waals surface area contributed by atoms with Crippen LogP contribution in [0.15, 0.2) is 12.2 Å². The standard InChI is InChI=1S/C15H23N3O2/c1-17(10-14(19)18-6-4-16-5-7-18)15(20)13-9-11-2-3-12(13)8-11/h2-3,11-13,16H,4-10H2,1H3. The van der Waals surface area contributed by atoms with Crippen LogP contribution in [0.25, 0.3) is 0 Å². The molecule has 3 aliphatic rings. The number of nitrogens with zero attached hydrogens (tertiary/aromatic N) is 2. The highest BCUT2D eigenvalue weighted by Gasteiger charge is 2.41. The van der Waals surface area contributed by atoms with Gasteiger partial charge in [-0.25, -0.2) is 0 Å². The molecule has 1 heterocycles. The van der Waals surface area contributed by atoms with E-state index in [-0.39, 0.29) is 24.3 Å². The van der Waals surface area contributed by atoms with E-state index in [2.05, 4.69) is 17.5 Å². The third kappa shape index (κ3) is 2.59. The zero-order valence-electron chi connectivity index (χ0n) is 12.0. The Labute approximate surface area is 120 Å². The average molecular weight is 277 g/mol. The van der Waals surface area contributed by atoms with Crippen molar-refractivity contribution in [3.8, 4) is 0 Å². The Morgan fingerprint density at radius 2 is 2.00 bits per heavy atom. The number of nitrogens with one attached hydrogen (secondary N) is 1. The summed E-state index contributed by atoms with van der Waals surface area (Å²) in [5, 5.41) is 3.23. The quantitative estimate of drug-likeness (QED) is 0.744. The first-order valence-electron chi connectivity index (χ1n) is 7.57. The summed E-state index contributed by atoms with van der Waals surface area (Å²) in [4.78, 5) is 28.1. The topological polar surface area (TPSA) is 52.7 Å². The summed E-state index contributed by atoms with van der Waals surface area (Å²) < 4.78 is 0. The van der Waals surface area contributed by atoms with Gasteiger partial charge in [0.15, 0.2) is 0 Å². The van der Waals surface area contributed by atoms with Crippen LogP contribution in [0.4, 0.5) is 0 Å². The van der Waals surface area contributed by atoms with Crippen LogP contribution in [0.5, 0.6) is 0 Å². The Kier molecular flexibility index (Phi) is 3.78. The smallest absolute Gasteiger partial charge is 0.242 e. The van der Waals surface area contributed by atoms with Gasteiger partial charge in [-0.05, 0) is 24.7 Å². The molecule has 2 amide bonds. The molecule has 3 rings (SSSR count). The maximum atomic E-state index is 12.5. The highest BCUT2D eigenvalue weighted by Crippen LogP contribution is 2.43. The number of carbonyl (C=O) groups is 2. The van der Waals surface area contributed by atoms with Crippen molar-refractivity contribution in [2.24, 2.45) is 17.8 Å². The summed E-state index contributed by atoms with van der Waals surface area (Å²) in [6, 6.07) is 0. The SMILES string of the molecule is CN(CC(=O)N1CCNCC1)C(=O)C1CC2C=CC1C2. The van der Waals surface area contributed by atoms with Crippen molar-refractivity contribution in [1.29, 1.82) is 0 Å². The second-order valence-electron chi connectivity index (χ2n) is 6.21. The maximum Gasteiger partial charge on any atom is 0.242 e. The van der Waals surface area contributed by atoms with Crippen LogP contribution in [0.2, 0.25) is 0 Å². The van der Waals surface area contributed by atoms with Gasteiger partial charge in [0.1, 0.15) is 0 Å². The predicted octanol–water partition coefficient (Wildman–Crippen LogP) is 0.0888. The Bertz CT molecular complexity index is 429. The van der Waals surface area contributed by atoms with Gasteiger partial charge >= 0.3 is 0 Å². The molecule has 3 unspecified atom stereocenters. The lowest BCUT2D eigenvalue weighted by atomic mass is 9.92. The maximum absolute atomic E-state index is 12.5. The predicted molar refractivity (Wildman–Crippen MR) is 75.9 cm³/mol. The van der Waals surface area contributed by atoms with Crippen molar-refractivity contribution in [3.05, 3.63) is 12.2 Å². The van der Waals surface area contributed by atoms with E-state index in [1.54, 1.807) is 11.9 Å². The Morgan fingerprint density at radius 1 is 1.25 bits per heavy atom. The molecule has 1 saturated carbocycles. The van der Waals surface area contributed by atoms with Gasteiger partial charge in [-0.1, -0.05) is 12.2 Å². The second kappa shape index (κ2) is 5.56. The van der Waals surface area contributed by atoms with Gasteiger partial charge in [-0.3, -0.25) is 9.59 Å². The van der Waals surface area contributed by atoms with E-state index >= 15 is 0 Å². The van der Waals surface area contributed by atoms with E-state index < -0.39 is 0 Å². The van der Waals surface area contributed by atoms with Crippen molar-refractivity contribution in [3.63, 3.8) is 0 Å². The van der Waals surface area contributed by atoms with Crippen molar-refractivity contribution in [1.82, 2.24) is 15.1 Å². The number of piperazine rings is 1. The van der Waals surface area contributed by atoms with Crippen LogP contribution in [0.1, 0.15) is 12.8 Å². The molecule has 0 aromatic rings. The van der Waals surface area contributed by atoms with E-state index in [9.17, 15) is 9.59 Å². The third-order valence-corrected chi connectivity index (χ3v) is 4.81. The molecule has 2 aliphatic carbocycles. The highest BCUT2D eigenvalue weighted by molar-refractivity contribution is 5.86. The molecule has 5 nitrogen and oxygen atoms in total. The first-order chi connectivity index (χ1) is 9.65. The molecule has 2 fully saturated rings. The number of hydrogen-bond acceptors (Lipinski definition) is 3. The van der Waals surface area contributed by atoms with E-state index in [4.69, 9.17) is 0 Å². The summed E-state index contributed by atoms with van der Waals surface area (Å²) in [5.41, 5.74) is 0. The highest BCUT2D eigenvalue weighted by atomic mass is 16.2. The molecular weight excluding hydrogens is 254 g/mol. The van der Waals surface area contributed by atoms with Crippen molar-refractivity contribution in [2.75, 3.05) is 39.8 Å². The fourth-order valence-electron chi connectivity index (χ4n) is 3.64. The van der Waals surface area contributed by atoms with Gasteiger partial charge in [-0.15, -0.1) is 0 Å². The average Bonchev–Trinajstić information content (AvgIpc) is 3.10.